The summed E-state index contributed by atoms with van der Waals surface area (Å²) in [6.45, 7) is 5.70. The van der Waals surface area contributed by atoms with Crippen LogP contribution in [0.15, 0.2) is 48.5 Å². The molecule has 0 atom stereocenters. The van der Waals surface area contributed by atoms with Crippen LogP contribution >= 0.6 is 0 Å². The Balaban J connectivity index is 1.86. The molecule has 0 bridgehead atoms. The average Bonchev–Trinajstić information content (AvgIpc) is 2.60. The molecule has 0 aromatic heterocycles. The summed E-state index contributed by atoms with van der Waals surface area (Å²) in [5.41, 5.74) is 2.66. The topological polar surface area (TPSA) is 58.6 Å². The summed E-state index contributed by atoms with van der Waals surface area (Å²) in [6, 6.07) is 14.8. The zero-order valence-corrected chi connectivity index (χ0v) is 15.1. The quantitative estimate of drug-likeness (QED) is 0.870. The third-order valence-corrected chi connectivity index (χ3v) is 3.93. The highest BCUT2D eigenvalue weighted by molar-refractivity contribution is 5.93. The fraction of sp³-hybridized carbons (Fsp3) is 0.300. The van der Waals surface area contributed by atoms with Gasteiger partial charge in [-0.25, -0.2) is 0 Å². The molecule has 0 saturated heterocycles. The van der Waals surface area contributed by atoms with Crippen LogP contribution < -0.4 is 15.0 Å². The van der Waals surface area contributed by atoms with Gasteiger partial charge in [0.05, 0.1) is 0 Å². The monoisotopic (exact) mass is 340 g/mol. The van der Waals surface area contributed by atoms with Crippen molar-refractivity contribution in [1.29, 1.82) is 0 Å². The SMILES string of the molecule is CC(=O)N(C)c1ccc(NC(=O)COc2ccc(C(C)C)cc2)cc1. The Hall–Kier alpha value is -2.82. The van der Waals surface area contributed by atoms with Crippen LogP contribution in [0.4, 0.5) is 11.4 Å². The molecule has 0 aliphatic carbocycles. The van der Waals surface area contributed by atoms with Crippen molar-refractivity contribution < 1.29 is 14.3 Å². The van der Waals surface area contributed by atoms with Crippen molar-refractivity contribution in [3.8, 4) is 5.75 Å². The Kier molecular flexibility index (Phi) is 6.17. The lowest BCUT2D eigenvalue weighted by atomic mass is 10.0. The second-order valence-corrected chi connectivity index (χ2v) is 6.19. The number of hydrogen-bond acceptors (Lipinski definition) is 3. The molecular weight excluding hydrogens is 316 g/mol. The fourth-order valence-corrected chi connectivity index (χ4v) is 2.25. The van der Waals surface area contributed by atoms with Gasteiger partial charge < -0.3 is 15.0 Å². The maximum atomic E-state index is 12.0. The number of nitrogens with zero attached hydrogens (tertiary/aromatic N) is 1. The van der Waals surface area contributed by atoms with E-state index >= 15 is 0 Å². The molecule has 2 aromatic rings. The molecule has 5 heteroatoms. The summed E-state index contributed by atoms with van der Waals surface area (Å²) < 4.78 is 5.50. The van der Waals surface area contributed by atoms with Crippen LogP contribution in [0.3, 0.4) is 0 Å². The third kappa shape index (κ3) is 5.35. The predicted molar refractivity (Wildman–Crippen MR) is 100 cm³/mol. The minimum Gasteiger partial charge on any atom is -0.484 e. The largest absolute Gasteiger partial charge is 0.484 e. The van der Waals surface area contributed by atoms with Crippen LogP contribution in [0.25, 0.3) is 0 Å². The molecule has 132 valence electrons. The molecule has 0 spiro atoms. The van der Waals surface area contributed by atoms with Gasteiger partial charge in [-0.05, 0) is 47.9 Å². The molecule has 25 heavy (non-hydrogen) atoms. The van der Waals surface area contributed by atoms with Crippen molar-refractivity contribution in [3.63, 3.8) is 0 Å². The lowest BCUT2D eigenvalue weighted by Crippen LogP contribution is -2.23. The van der Waals surface area contributed by atoms with Crippen LogP contribution in [0.2, 0.25) is 0 Å². The van der Waals surface area contributed by atoms with Crippen molar-refractivity contribution in [2.75, 3.05) is 23.9 Å². The van der Waals surface area contributed by atoms with E-state index in [1.54, 1.807) is 31.3 Å². The molecule has 0 radical (unpaired) electrons. The highest BCUT2D eigenvalue weighted by atomic mass is 16.5. The van der Waals surface area contributed by atoms with E-state index in [-0.39, 0.29) is 18.4 Å². The first kappa shape index (κ1) is 18.5. The lowest BCUT2D eigenvalue weighted by molar-refractivity contribution is -0.118. The van der Waals surface area contributed by atoms with E-state index in [9.17, 15) is 9.59 Å². The summed E-state index contributed by atoms with van der Waals surface area (Å²) in [5, 5.41) is 2.77. The average molecular weight is 340 g/mol. The number of carbonyl (C=O) groups is 2. The van der Waals surface area contributed by atoms with E-state index in [2.05, 4.69) is 19.2 Å². The van der Waals surface area contributed by atoms with E-state index in [1.165, 1.54) is 17.4 Å². The standard InChI is InChI=1S/C20H24N2O3/c1-14(2)16-5-11-19(12-6-16)25-13-20(24)21-17-7-9-18(10-8-17)22(4)15(3)23/h5-12,14H,13H2,1-4H3,(H,21,24). The minimum atomic E-state index is -0.236. The van der Waals surface area contributed by atoms with Gasteiger partial charge in [0, 0.05) is 25.3 Å². The van der Waals surface area contributed by atoms with Gasteiger partial charge in [-0.15, -0.1) is 0 Å². The van der Waals surface area contributed by atoms with Crippen molar-refractivity contribution >= 4 is 23.2 Å². The van der Waals surface area contributed by atoms with Gasteiger partial charge >= 0.3 is 0 Å². The second kappa shape index (κ2) is 8.33. The number of nitrogens with one attached hydrogen (secondary N) is 1. The number of hydrogen-bond donors (Lipinski definition) is 1. The van der Waals surface area contributed by atoms with Gasteiger partial charge in [0.25, 0.3) is 5.91 Å². The number of rotatable bonds is 6. The summed E-state index contributed by atoms with van der Waals surface area (Å²) in [6.07, 6.45) is 0. The number of benzene rings is 2. The normalized spacial score (nSPS) is 10.4. The Morgan fingerprint density at radius 2 is 1.64 bits per heavy atom. The van der Waals surface area contributed by atoms with Crippen molar-refractivity contribution in [3.05, 3.63) is 54.1 Å². The number of carbonyl (C=O) groups excluding carboxylic acids is 2. The molecule has 2 amide bonds. The van der Waals surface area contributed by atoms with Crippen molar-refractivity contribution in [2.45, 2.75) is 26.7 Å². The number of anilines is 2. The zero-order chi connectivity index (χ0) is 18.4. The lowest BCUT2D eigenvalue weighted by Gasteiger charge is -2.15. The first-order valence-electron chi connectivity index (χ1n) is 8.24. The molecule has 1 N–H and O–H groups in total. The van der Waals surface area contributed by atoms with Crippen LogP contribution in [-0.4, -0.2) is 25.5 Å². The van der Waals surface area contributed by atoms with Gasteiger partial charge in [0.15, 0.2) is 6.61 Å². The summed E-state index contributed by atoms with van der Waals surface area (Å²) in [4.78, 5) is 24.8. The maximum Gasteiger partial charge on any atom is 0.262 e. The van der Waals surface area contributed by atoms with E-state index < -0.39 is 0 Å². The smallest absolute Gasteiger partial charge is 0.262 e. The zero-order valence-electron chi connectivity index (χ0n) is 15.1. The van der Waals surface area contributed by atoms with Gasteiger partial charge in [0.2, 0.25) is 5.91 Å². The number of amides is 2. The first-order chi connectivity index (χ1) is 11.9. The Bertz CT molecular complexity index is 722. The fourth-order valence-electron chi connectivity index (χ4n) is 2.25. The molecular formula is C20H24N2O3. The van der Waals surface area contributed by atoms with Crippen molar-refractivity contribution in [2.24, 2.45) is 0 Å². The molecule has 2 rings (SSSR count). The predicted octanol–water partition coefficient (Wildman–Crippen LogP) is 3.81. The van der Waals surface area contributed by atoms with E-state index in [0.29, 0.717) is 17.4 Å². The molecule has 5 nitrogen and oxygen atoms in total. The Morgan fingerprint density at radius 3 is 2.16 bits per heavy atom. The van der Waals surface area contributed by atoms with E-state index in [0.717, 1.165) is 5.69 Å². The second-order valence-electron chi connectivity index (χ2n) is 6.19. The molecule has 0 heterocycles. The summed E-state index contributed by atoms with van der Waals surface area (Å²) in [7, 11) is 1.70. The highest BCUT2D eigenvalue weighted by Crippen LogP contribution is 2.19. The van der Waals surface area contributed by atoms with Crippen LogP contribution in [0.5, 0.6) is 5.75 Å². The molecule has 0 fully saturated rings. The molecule has 0 aliphatic rings. The molecule has 0 aliphatic heterocycles. The summed E-state index contributed by atoms with van der Waals surface area (Å²) >= 11 is 0. The van der Waals surface area contributed by atoms with Gasteiger partial charge in [0.1, 0.15) is 5.75 Å². The number of ether oxygens (including phenoxy) is 1. The highest BCUT2D eigenvalue weighted by Gasteiger charge is 2.07. The Labute approximate surface area is 148 Å². The summed E-state index contributed by atoms with van der Waals surface area (Å²) in [5.74, 6) is 0.842. The van der Waals surface area contributed by atoms with Gasteiger partial charge in [-0.2, -0.15) is 0 Å². The minimum absolute atomic E-state index is 0.0475. The van der Waals surface area contributed by atoms with E-state index in [1.807, 2.05) is 24.3 Å². The van der Waals surface area contributed by atoms with E-state index in [4.69, 9.17) is 4.74 Å². The van der Waals surface area contributed by atoms with Crippen LogP contribution in [0.1, 0.15) is 32.3 Å². The molecule has 0 unspecified atom stereocenters. The third-order valence-electron chi connectivity index (χ3n) is 3.93. The Morgan fingerprint density at radius 1 is 1.04 bits per heavy atom. The van der Waals surface area contributed by atoms with Crippen molar-refractivity contribution in [1.82, 2.24) is 0 Å². The maximum absolute atomic E-state index is 12.0. The first-order valence-corrected chi connectivity index (χ1v) is 8.24. The van der Waals surface area contributed by atoms with Crippen LogP contribution in [0, 0.1) is 0 Å². The van der Waals surface area contributed by atoms with Gasteiger partial charge in [-0.3, -0.25) is 9.59 Å². The molecule has 2 aromatic carbocycles. The molecule has 0 saturated carbocycles. The van der Waals surface area contributed by atoms with Gasteiger partial charge in [-0.1, -0.05) is 26.0 Å². The van der Waals surface area contributed by atoms with Crippen LogP contribution in [-0.2, 0) is 9.59 Å².